The summed E-state index contributed by atoms with van der Waals surface area (Å²) in [5, 5.41) is 14.0. The lowest BCUT2D eigenvalue weighted by Gasteiger charge is -2.08. The van der Waals surface area contributed by atoms with Crippen LogP contribution >= 0.6 is 11.3 Å². The van der Waals surface area contributed by atoms with Crippen molar-refractivity contribution < 1.29 is 0 Å². The monoisotopic (exact) mass is 196 g/mol. The van der Waals surface area contributed by atoms with E-state index in [4.69, 9.17) is 0 Å². The van der Waals surface area contributed by atoms with Crippen LogP contribution < -0.4 is 4.90 Å². The SMILES string of the molecule is CN(C)c1nnnn1-c1nccs1. The fourth-order valence-electron chi connectivity index (χ4n) is 0.906. The molecule has 0 aliphatic carbocycles. The predicted molar refractivity (Wildman–Crippen MR) is 49.2 cm³/mol. The second-order valence-electron chi connectivity index (χ2n) is 2.60. The van der Waals surface area contributed by atoms with Crippen LogP contribution in [0.25, 0.3) is 5.13 Å². The number of thiazole rings is 1. The number of hydrogen-bond donors (Lipinski definition) is 0. The Balaban J connectivity index is 2.46. The quantitative estimate of drug-likeness (QED) is 0.686. The molecule has 0 saturated heterocycles. The van der Waals surface area contributed by atoms with Gasteiger partial charge in [0.1, 0.15) is 0 Å². The first-order chi connectivity index (χ1) is 6.29. The molecular weight excluding hydrogens is 188 g/mol. The van der Waals surface area contributed by atoms with Crippen LogP contribution in [0, 0.1) is 0 Å². The number of rotatable bonds is 2. The van der Waals surface area contributed by atoms with Crippen LogP contribution in [-0.4, -0.2) is 39.3 Å². The molecule has 0 radical (unpaired) electrons. The minimum absolute atomic E-state index is 0.676. The summed E-state index contributed by atoms with van der Waals surface area (Å²) in [6.07, 6.45) is 1.72. The minimum Gasteiger partial charge on any atom is -0.345 e. The van der Waals surface area contributed by atoms with Crippen molar-refractivity contribution >= 4 is 17.3 Å². The zero-order chi connectivity index (χ0) is 9.26. The lowest BCUT2D eigenvalue weighted by Crippen LogP contribution is -2.15. The van der Waals surface area contributed by atoms with E-state index in [0.717, 1.165) is 5.13 Å². The maximum atomic E-state index is 4.11. The Kier molecular flexibility index (Phi) is 1.93. The Morgan fingerprint density at radius 2 is 2.31 bits per heavy atom. The molecule has 2 aromatic rings. The number of anilines is 1. The van der Waals surface area contributed by atoms with Gasteiger partial charge in [0.25, 0.3) is 5.95 Å². The van der Waals surface area contributed by atoms with Gasteiger partial charge < -0.3 is 4.90 Å². The first-order valence-corrected chi connectivity index (χ1v) is 4.52. The maximum Gasteiger partial charge on any atom is 0.251 e. The van der Waals surface area contributed by atoms with Crippen LogP contribution in [0.2, 0.25) is 0 Å². The second-order valence-corrected chi connectivity index (χ2v) is 3.47. The molecule has 68 valence electrons. The van der Waals surface area contributed by atoms with Crippen LogP contribution in [0.4, 0.5) is 5.95 Å². The van der Waals surface area contributed by atoms with Crippen molar-refractivity contribution in [1.82, 2.24) is 25.2 Å². The highest BCUT2D eigenvalue weighted by Gasteiger charge is 2.10. The van der Waals surface area contributed by atoms with Gasteiger partial charge >= 0.3 is 0 Å². The van der Waals surface area contributed by atoms with Gasteiger partial charge in [-0.2, -0.15) is 4.68 Å². The number of nitrogens with zero attached hydrogens (tertiary/aromatic N) is 6. The zero-order valence-electron chi connectivity index (χ0n) is 7.25. The molecule has 0 aliphatic heterocycles. The standard InChI is InChI=1S/C6H8N6S/c1-11(2)5-8-9-10-12(5)6-7-3-4-13-6/h3-4H,1-2H3. The lowest BCUT2D eigenvalue weighted by molar-refractivity contribution is 0.779. The van der Waals surface area contributed by atoms with Crippen molar-refractivity contribution in [1.29, 1.82) is 0 Å². The first-order valence-electron chi connectivity index (χ1n) is 3.64. The smallest absolute Gasteiger partial charge is 0.251 e. The summed E-state index contributed by atoms with van der Waals surface area (Å²) in [7, 11) is 3.77. The Morgan fingerprint density at radius 3 is 2.92 bits per heavy atom. The number of hydrogen-bond acceptors (Lipinski definition) is 6. The molecule has 2 aromatic heterocycles. The minimum atomic E-state index is 0.676. The summed E-state index contributed by atoms with van der Waals surface area (Å²) in [4.78, 5) is 5.95. The molecule has 6 nitrogen and oxygen atoms in total. The van der Waals surface area contributed by atoms with Gasteiger partial charge in [-0.15, -0.1) is 11.3 Å². The van der Waals surface area contributed by atoms with Crippen molar-refractivity contribution in [2.45, 2.75) is 0 Å². The highest BCUT2D eigenvalue weighted by atomic mass is 32.1. The molecule has 2 rings (SSSR count). The van der Waals surface area contributed by atoms with Crippen molar-refractivity contribution in [3.05, 3.63) is 11.6 Å². The van der Waals surface area contributed by atoms with Crippen molar-refractivity contribution in [3.8, 4) is 5.13 Å². The molecule has 0 unspecified atom stereocenters. The van der Waals surface area contributed by atoms with Gasteiger partial charge in [-0.3, -0.25) is 0 Å². The summed E-state index contributed by atoms with van der Waals surface area (Å²) < 4.78 is 1.60. The Labute approximate surface area is 78.8 Å². The summed E-state index contributed by atoms with van der Waals surface area (Å²) in [5.74, 6) is 0.676. The van der Waals surface area contributed by atoms with E-state index in [9.17, 15) is 0 Å². The fraction of sp³-hybridized carbons (Fsp3) is 0.333. The van der Waals surface area contributed by atoms with Gasteiger partial charge in [0.05, 0.1) is 0 Å². The van der Waals surface area contributed by atoms with Gasteiger partial charge in [-0.1, -0.05) is 5.10 Å². The summed E-state index contributed by atoms with van der Waals surface area (Å²) in [6.45, 7) is 0. The van der Waals surface area contributed by atoms with Crippen LogP contribution in [-0.2, 0) is 0 Å². The van der Waals surface area contributed by atoms with E-state index in [0.29, 0.717) is 5.95 Å². The normalized spacial score (nSPS) is 10.3. The molecule has 0 aliphatic rings. The number of tetrazole rings is 1. The van der Waals surface area contributed by atoms with Crippen LogP contribution in [0.1, 0.15) is 0 Å². The van der Waals surface area contributed by atoms with E-state index in [2.05, 4.69) is 20.5 Å². The molecule has 2 heterocycles. The lowest BCUT2D eigenvalue weighted by atomic mass is 10.8. The van der Waals surface area contributed by atoms with E-state index < -0.39 is 0 Å². The Bertz CT molecular complexity index is 377. The average Bonchev–Trinajstić information content (AvgIpc) is 2.74. The highest BCUT2D eigenvalue weighted by molar-refractivity contribution is 7.12. The van der Waals surface area contributed by atoms with Crippen molar-refractivity contribution in [2.24, 2.45) is 0 Å². The Hall–Kier alpha value is -1.50. The second kappa shape index (κ2) is 3.09. The molecular formula is C6H8N6S. The predicted octanol–water partition coefficient (Wildman–Crippen LogP) is 0.185. The molecule has 0 amide bonds. The summed E-state index contributed by atoms with van der Waals surface area (Å²) in [5.41, 5.74) is 0. The third kappa shape index (κ3) is 1.37. The van der Waals surface area contributed by atoms with Gasteiger partial charge in [-0.05, 0) is 10.4 Å². The van der Waals surface area contributed by atoms with Crippen LogP contribution in [0.15, 0.2) is 11.6 Å². The molecule has 0 aromatic carbocycles. The van der Waals surface area contributed by atoms with Crippen molar-refractivity contribution in [3.63, 3.8) is 0 Å². The maximum absolute atomic E-state index is 4.11. The molecule has 0 atom stereocenters. The molecule has 0 bridgehead atoms. The summed E-state index contributed by atoms with van der Waals surface area (Å²) in [6, 6.07) is 0. The highest BCUT2D eigenvalue weighted by Crippen LogP contribution is 2.14. The van der Waals surface area contributed by atoms with Gasteiger partial charge in [-0.25, -0.2) is 4.98 Å². The average molecular weight is 196 g/mol. The molecule has 0 saturated carbocycles. The van der Waals surface area contributed by atoms with E-state index in [-0.39, 0.29) is 0 Å². The van der Waals surface area contributed by atoms with Crippen LogP contribution in [0.3, 0.4) is 0 Å². The van der Waals surface area contributed by atoms with E-state index in [1.165, 1.54) is 11.3 Å². The fourth-order valence-corrected chi connectivity index (χ4v) is 1.49. The number of aromatic nitrogens is 5. The van der Waals surface area contributed by atoms with Crippen molar-refractivity contribution in [2.75, 3.05) is 19.0 Å². The van der Waals surface area contributed by atoms with E-state index in [1.807, 2.05) is 24.4 Å². The van der Waals surface area contributed by atoms with Gasteiger partial charge in [0.15, 0.2) is 0 Å². The van der Waals surface area contributed by atoms with E-state index >= 15 is 0 Å². The molecule has 0 fully saturated rings. The summed E-state index contributed by atoms with van der Waals surface area (Å²) >= 11 is 1.49. The third-order valence-electron chi connectivity index (χ3n) is 1.45. The first kappa shape index (κ1) is 8.11. The van der Waals surface area contributed by atoms with Crippen LogP contribution in [0.5, 0.6) is 0 Å². The third-order valence-corrected chi connectivity index (χ3v) is 2.20. The largest absolute Gasteiger partial charge is 0.345 e. The zero-order valence-corrected chi connectivity index (χ0v) is 8.06. The molecule has 13 heavy (non-hydrogen) atoms. The molecule has 7 heteroatoms. The topological polar surface area (TPSA) is 59.7 Å². The Morgan fingerprint density at radius 1 is 1.46 bits per heavy atom. The molecule has 0 N–H and O–H groups in total. The van der Waals surface area contributed by atoms with Gasteiger partial charge in [0, 0.05) is 25.7 Å². The van der Waals surface area contributed by atoms with Gasteiger partial charge in [0.2, 0.25) is 5.13 Å². The molecule has 0 spiro atoms. The van der Waals surface area contributed by atoms with E-state index in [1.54, 1.807) is 10.9 Å².